The second-order valence-electron chi connectivity index (χ2n) is 9.12. The number of benzene rings is 2. The molecule has 2 saturated carbocycles. The summed E-state index contributed by atoms with van der Waals surface area (Å²) < 4.78 is 81.0. The van der Waals surface area contributed by atoms with Crippen LogP contribution in [0, 0.1) is 17.8 Å². The van der Waals surface area contributed by atoms with E-state index in [1.807, 2.05) is 0 Å². The summed E-state index contributed by atoms with van der Waals surface area (Å²) in [4.78, 5) is 11.9. The number of halogens is 7. The van der Waals surface area contributed by atoms with Crippen LogP contribution in [-0.2, 0) is 12.4 Å². The Morgan fingerprint density at radius 1 is 0.939 bits per heavy atom. The van der Waals surface area contributed by atoms with Crippen molar-refractivity contribution in [3.05, 3.63) is 63.2 Å². The lowest BCUT2D eigenvalue weighted by Crippen LogP contribution is -2.36. The molecule has 0 radical (unpaired) electrons. The van der Waals surface area contributed by atoms with Crippen molar-refractivity contribution in [1.82, 2.24) is 0 Å². The van der Waals surface area contributed by atoms with Crippen molar-refractivity contribution in [3.8, 4) is 0 Å². The molecule has 5 rings (SSSR count). The Hall–Kier alpha value is -2.42. The van der Waals surface area contributed by atoms with Gasteiger partial charge in [-0.1, -0.05) is 11.6 Å². The Balaban J connectivity index is 1.71. The summed E-state index contributed by atoms with van der Waals surface area (Å²) in [6.07, 6.45) is -7.42. The van der Waals surface area contributed by atoms with Gasteiger partial charge >= 0.3 is 18.3 Å². The van der Waals surface area contributed by atoms with Gasteiger partial charge in [-0.3, -0.25) is 0 Å². The van der Waals surface area contributed by atoms with Crippen molar-refractivity contribution in [2.45, 2.75) is 43.6 Å². The van der Waals surface area contributed by atoms with Crippen molar-refractivity contribution < 1.29 is 36.2 Å². The Morgan fingerprint density at radius 2 is 1.55 bits per heavy atom. The molecule has 0 saturated heterocycles. The van der Waals surface area contributed by atoms with Crippen LogP contribution in [0.15, 0.2) is 30.3 Å². The van der Waals surface area contributed by atoms with E-state index in [2.05, 4.69) is 5.32 Å². The minimum Gasteiger partial charge on any atom is -0.478 e. The molecule has 2 bridgehead atoms. The Morgan fingerprint density at radius 3 is 2.12 bits per heavy atom. The first-order valence-corrected chi connectivity index (χ1v) is 10.8. The molecule has 2 aromatic rings. The van der Waals surface area contributed by atoms with Crippen LogP contribution in [0.4, 0.5) is 32.0 Å². The van der Waals surface area contributed by atoms with Gasteiger partial charge in [-0.2, -0.15) is 26.3 Å². The standard InChI is InChI=1S/C23H18ClF6NO2/c24-14-7-15-17-9-1-2-10(3-9)18(17)19(31-20(15)16(8-14)21(32)33)11-4-12(22(25,26)27)6-13(5-11)23(28,29)30/h4-10,17-19,31H,1-3H2,(H,32,33)/t9-,10-,17+,18-,19+/m0/s1. The molecule has 1 heterocycles. The number of rotatable bonds is 2. The lowest BCUT2D eigenvalue weighted by atomic mass is 9.67. The van der Waals surface area contributed by atoms with Gasteiger partial charge in [0.05, 0.1) is 28.4 Å². The predicted molar refractivity (Wildman–Crippen MR) is 108 cm³/mol. The molecule has 176 valence electrons. The summed E-state index contributed by atoms with van der Waals surface area (Å²) in [5.41, 5.74) is -2.15. The number of hydrogen-bond donors (Lipinski definition) is 2. The van der Waals surface area contributed by atoms with Crippen LogP contribution in [0.25, 0.3) is 0 Å². The van der Waals surface area contributed by atoms with E-state index in [-0.39, 0.29) is 51.6 Å². The highest BCUT2D eigenvalue weighted by Gasteiger charge is 2.54. The summed E-state index contributed by atoms with van der Waals surface area (Å²) in [5.74, 6) is -1.44. The molecule has 5 atom stereocenters. The summed E-state index contributed by atoms with van der Waals surface area (Å²) in [6, 6.07) is 3.63. The minimum atomic E-state index is -4.96. The average Bonchev–Trinajstić information content (AvgIpc) is 3.33. The molecule has 0 spiro atoms. The number of carbonyl (C=O) groups is 1. The van der Waals surface area contributed by atoms with Crippen molar-refractivity contribution in [2.24, 2.45) is 17.8 Å². The minimum absolute atomic E-state index is 0.112. The number of carboxylic acids is 1. The molecule has 10 heteroatoms. The first-order valence-electron chi connectivity index (χ1n) is 10.5. The Bertz CT molecular complexity index is 1110. The van der Waals surface area contributed by atoms with E-state index >= 15 is 0 Å². The van der Waals surface area contributed by atoms with E-state index in [1.54, 1.807) is 6.07 Å². The van der Waals surface area contributed by atoms with Gasteiger partial charge < -0.3 is 10.4 Å². The monoisotopic (exact) mass is 489 g/mol. The third kappa shape index (κ3) is 3.64. The third-order valence-corrected chi connectivity index (χ3v) is 7.58. The smallest absolute Gasteiger partial charge is 0.416 e. The van der Waals surface area contributed by atoms with Gasteiger partial charge in [-0.05, 0) is 84.4 Å². The number of alkyl halides is 6. The molecule has 3 nitrogen and oxygen atoms in total. The summed E-state index contributed by atoms with van der Waals surface area (Å²) in [6.45, 7) is 0. The largest absolute Gasteiger partial charge is 0.478 e. The SMILES string of the molecule is O=C(O)c1cc(Cl)cc2c1N[C@H](c1cc(C(F)(F)F)cc(C(F)(F)F)c1)[C@H]1[C@H]3CC[C@@H](C3)[C@H]21. The van der Waals surface area contributed by atoms with Crippen LogP contribution in [-0.4, -0.2) is 11.1 Å². The summed E-state index contributed by atoms with van der Waals surface area (Å²) in [5, 5.41) is 13.0. The lowest BCUT2D eigenvalue weighted by molar-refractivity contribution is -0.143. The summed E-state index contributed by atoms with van der Waals surface area (Å²) >= 11 is 6.17. The molecule has 33 heavy (non-hydrogen) atoms. The molecule has 0 amide bonds. The van der Waals surface area contributed by atoms with Crippen molar-refractivity contribution in [2.75, 3.05) is 5.32 Å². The van der Waals surface area contributed by atoms with Crippen LogP contribution in [0.2, 0.25) is 5.02 Å². The zero-order chi connectivity index (χ0) is 23.9. The highest BCUT2D eigenvalue weighted by molar-refractivity contribution is 6.31. The molecule has 0 unspecified atom stereocenters. The first-order chi connectivity index (χ1) is 15.3. The molecule has 2 N–H and O–H groups in total. The molecule has 1 aliphatic heterocycles. The number of carboxylic acid groups (broad SMARTS) is 1. The highest BCUT2D eigenvalue weighted by Crippen LogP contribution is 2.64. The fourth-order valence-electron chi connectivity index (χ4n) is 6.21. The maximum absolute atomic E-state index is 13.5. The fourth-order valence-corrected chi connectivity index (χ4v) is 6.44. The van der Waals surface area contributed by atoms with E-state index in [9.17, 15) is 36.2 Å². The highest BCUT2D eigenvalue weighted by atomic mass is 35.5. The van der Waals surface area contributed by atoms with E-state index in [1.165, 1.54) is 6.07 Å². The zero-order valence-corrected chi connectivity index (χ0v) is 17.7. The molecular weight excluding hydrogens is 472 g/mol. The van der Waals surface area contributed by atoms with E-state index < -0.39 is 35.5 Å². The second-order valence-corrected chi connectivity index (χ2v) is 9.56. The van der Waals surface area contributed by atoms with Crippen LogP contribution in [0.1, 0.15) is 63.8 Å². The average molecular weight is 490 g/mol. The number of aromatic carboxylic acids is 1. The van der Waals surface area contributed by atoms with E-state index in [0.717, 1.165) is 31.4 Å². The Labute approximate surface area is 189 Å². The van der Waals surface area contributed by atoms with Crippen molar-refractivity contribution >= 4 is 23.3 Å². The van der Waals surface area contributed by atoms with Gasteiger partial charge in [-0.15, -0.1) is 0 Å². The quantitative estimate of drug-likeness (QED) is 0.433. The van der Waals surface area contributed by atoms with Crippen LogP contribution >= 0.6 is 11.6 Å². The number of nitrogens with one attached hydrogen (secondary N) is 1. The number of fused-ring (bicyclic) bond motifs is 7. The van der Waals surface area contributed by atoms with E-state index in [0.29, 0.717) is 5.56 Å². The van der Waals surface area contributed by atoms with Gasteiger partial charge in [0.15, 0.2) is 0 Å². The van der Waals surface area contributed by atoms with Crippen molar-refractivity contribution in [3.63, 3.8) is 0 Å². The van der Waals surface area contributed by atoms with Gasteiger partial charge in [-0.25, -0.2) is 4.79 Å². The van der Waals surface area contributed by atoms with Gasteiger partial charge in [0.25, 0.3) is 0 Å². The van der Waals surface area contributed by atoms with Crippen molar-refractivity contribution in [1.29, 1.82) is 0 Å². The molecular formula is C23H18ClF6NO2. The molecule has 2 aliphatic carbocycles. The van der Waals surface area contributed by atoms with Gasteiger partial charge in [0.2, 0.25) is 0 Å². The molecule has 2 fully saturated rings. The zero-order valence-electron chi connectivity index (χ0n) is 16.9. The molecule has 0 aromatic heterocycles. The first kappa shape index (κ1) is 22.4. The number of hydrogen-bond acceptors (Lipinski definition) is 2. The maximum atomic E-state index is 13.5. The maximum Gasteiger partial charge on any atom is 0.416 e. The van der Waals surface area contributed by atoms with Gasteiger partial charge in [0, 0.05) is 5.02 Å². The predicted octanol–water partition coefficient (Wildman–Crippen LogP) is 7.37. The number of anilines is 1. The van der Waals surface area contributed by atoms with Crippen LogP contribution in [0.3, 0.4) is 0 Å². The fraction of sp³-hybridized carbons (Fsp3) is 0.435. The van der Waals surface area contributed by atoms with Crippen LogP contribution < -0.4 is 5.32 Å². The second kappa shape index (κ2) is 7.29. The van der Waals surface area contributed by atoms with E-state index in [4.69, 9.17) is 11.6 Å². The Kier molecular flexibility index (Phi) is 4.94. The summed E-state index contributed by atoms with van der Waals surface area (Å²) in [7, 11) is 0. The normalized spacial score (nSPS) is 28.3. The molecule has 2 aromatic carbocycles. The topological polar surface area (TPSA) is 49.3 Å². The van der Waals surface area contributed by atoms with Gasteiger partial charge in [0.1, 0.15) is 0 Å². The third-order valence-electron chi connectivity index (χ3n) is 7.36. The van der Waals surface area contributed by atoms with Crippen LogP contribution in [0.5, 0.6) is 0 Å². The lowest BCUT2D eigenvalue weighted by Gasteiger charge is -2.44. The molecule has 3 aliphatic rings.